The number of phenols is 1. The maximum Gasteiger partial charge on any atom is 0.259 e. The minimum atomic E-state index is -0.371. The molecule has 19 heavy (non-hydrogen) atoms. The molecule has 0 aliphatic carbocycles. The van der Waals surface area contributed by atoms with Gasteiger partial charge in [-0.1, -0.05) is 22.0 Å². The smallest absolute Gasteiger partial charge is 0.259 e. The molecule has 0 aromatic heterocycles. The summed E-state index contributed by atoms with van der Waals surface area (Å²) in [6.07, 6.45) is 0. The minimum absolute atomic E-state index is 0.0955. The minimum Gasteiger partial charge on any atom is -0.506 e. The van der Waals surface area contributed by atoms with Gasteiger partial charge in [-0.2, -0.15) is 0 Å². The Balaban J connectivity index is 2.28. The van der Waals surface area contributed by atoms with Crippen molar-refractivity contribution in [2.24, 2.45) is 0 Å². The summed E-state index contributed by atoms with van der Waals surface area (Å²) in [5.74, 6) is -0.467. The van der Waals surface area contributed by atoms with Crippen LogP contribution in [0, 0.1) is 0 Å². The standard InChI is InChI=1S/C13H8Br3NO2/c14-7-2-1-3-8(6-7)17-13(19)9-4-5-10(15)11(16)12(9)18/h1-6,18H,(H,17,19). The van der Waals surface area contributed by atoms with Crippen LogP contribution >= 0.6 is 47.8 Å². The van der Waals surface area contributed by atoms with Crippen molar-refractivity contribution < 1.29 is 9.90 Å². The zero-order valence-corrected chi connectivity index (χ0v) is 14.2. The van der Waals surface area contributed by atoms with Crippen molar-refractivity contribution in [1.82, 2.24) is 0 Å². The molecular weight excluding hydrogens is 442 g/mol. The van der Waals surface area contributed by atoms with Crippen LogP contribution in [0.25, 0.3) is 0 Å². The van der Waals surface area contributed by atoms with Gasteiger partial charge in [0.15, 0.2) is 0 Å². The van der Waals surface area contributed by atoms with Crippen LogP contribution in [0.3, 0.4) is 0 Å². The van der Waals surface area contributed by atoms with E-state index in [1.54, 1.807) is 24.3 Å². The number of aromatic hydroxyl groups is 1. The second-order valence-corrected chi connectivity index (χ2v) is 6.29. The summed E-state index contributed by atoms with van der Waals surface area (Å²) in [4.78, 5) is 12.1. The first-order valence-electron chi connectivity index (χ1n) is 5.23. The lowest BCUT2D eigenvalue weighted by molar-refractivity contribution is 0.102. The third kappa shape index (κ3) is 3.38. The molecular formula is C13H8Br3NO2. The van der Waals surface area contributed by atoms with Gasteiger partial charge in [-0.05, 0) is 62.2 Å². The lowest BCUT2D eigenvalue weighted by atomic mass is 10.2. The predicted molar refractivity (Wildman–Crippen MR) is 85.6 cm³/mol. The van der Waals surface area contributed by atoms with Crippen molar-refractivity contribution in [2.45, 2.75) is 0 Å². The lowest BCUT2D eigenvalue weighted by Gasteiger charge is -2.09. The summed E-state index contributed by atoms with van der Waals surface area (Å²) in [5, 5.41) is 12.7. The summed E-state index contributed by atoms with van der Waals surface area (Å²) in [7, 11) is 0. The first kappa shape index (κ1) is 14.6. The number of carbonyl (C=O) groups excluding carboxylic acids is 1. The number of benzene rings is 2. The van der Waals surface area contributed by atoms with E-state index in [2.05, 4.69) is 53.1 Å². The summed E-state index contributed by atoms with van der Waals surface area (Å²) in [6.45, 7) is 0. The third-order valence-electron chi connectivity index (χ3n) is 2.40. The molecule has 0 saturated carbocycles. The van der Waals surface area contributed by atoms with Crippen LogP contribution in [-0.4, -0.2) is 11.0 Å². The number of hydrogen-bond donors (Lipinski definition) is 2. The summed E-state index contributed by atoms with van der Waals surface area (Å²) < 4.78 is 2.00. The van der Waals surface area contributed by atoms with Crippen molar-refractivity contribution in [3.63, 3.8) is 0 Å². The largest absolute Gasteiger partial charge is 0.506 e. The van der Waals surface area contributed by atoms with Crippen molar-refractivity contribution in [3.05, 3.63) is 55.4 Å². The van der Waals surface area contributed by atoms with Crippen LogP contribution in [0.4, 0.5) is 5.69 Å². The number of nitrogens with one attached hydrogen (secondary N) is 1. The van der Waals surface area contributed by atoms with E-state index >= 15 is 0 Å². The van der Waals surface area contributed by atoms with Gasteiger partial charge in [0.1, 0.15) is 5.75 Å². The molecule has 0 aliphatic heterocycles. The first-order valence-corrected chi connectivity index (χ1v) is 7.61. The molecule has 2 rings (SSSR count). The van der Waals surface area contributed by atoms with E-state index in [-0.39, 0.29) is 17.2 Å². The van der Waals surface area contributed by atoms with Crippen molar-refractivity contribution in [2.75, 3.05) is 5.32 Å². The number of hydrogen-bond acceptors (Lipinski definition) is 2. The molecule has 0 atom stereocenters. The number of phenolic OH excluding ortho intramolecular Hbond substituents is 1. The maximum atomic E-state index is 12.1. The van der Waals surface area contributed by atoms with Crippen LogP contribution in [0.2, 0.25) is 0 Å². The molecule has 0 heterocycles. The van der Waals surface area contributed by atoms with Gasteiger partial charge < -0.3 is 10.4 Å². The molecule has 2 N–H and O–H groups in total. The number of halogens is 3. The molecule has 2 aromatic carbocycles. The Morgan fingerprint density at radius 2 is 1.84 bits per heavy atom. The van der Waals surface area contributed by atoms with Gasteiger partial charge in [0.25, 0.3) is 5.91 Å². The van der Waals surface area contributed by atoms with Crippen molar-refractivity contribution in [3.8, 4) is 5.75 Å². The zero-order chi connectivity index (χ0) is 14.0. The fourth-order valence-electron chi connectivity index (χ4n) is 1.49. The van der Waals surface area contributed by atoms with Crippen LogP contribution < -0.4 is 5.32 Å². The third-order valence-corrected chi connectivity index (χ3v) is 4.89. The highest BCUT2D eigenvalue weighted by molar-refractivity contribution is 9.13. The normalized spacial score (nSPS) is 10.3. The van der Waals surface area contributed by atoms with E-state index in [1.807, 2.05) is 12.1 Å². The first-order chi connectivity index (χ1) is 8.99. The SMILES string of the molecule is O=C(Nc1cccc(Br)c1)c1ccc(Br)c(Br)c1O. The van der Waals surface area contributed by atoms with E-state index in [1.165, 1.54) is 0 Å². The summed E-state index contributed by atoms with van der Waals surface area (Å²) >= 11 is 9.80. The molecule has 1 amide bonds. The number of amides is 1. The summed E-state index contributed by atoms with van der Waals surface area (Å²) in [5.41, 5.74) is 0.855. The molecule has 0 spiro atoms. The Morgan fingerprint density at radius 3 is 2.53 bits per heavy atom. The van der Waals surface area contributed by atoms with Gasteiger partial charge in [0, 0.05) is 14.6 Å². The van der Waals surface area contributed by atoms with Gasteiger partial charge in [-0.15, -0.1) is 0 Å². The molecule has 0 unspecified atom stereocenters. The molecule has 0 bridgehead atoms. The Kier molecular flexibility index (Phi) is 4.65. The molecule has 0 aliphatic rings. The van der Waals surface area contributed by atoms with E-state index in [0.717, 1.165) is 4.47 Å². The molecule has 6 heteroatoms. The fraction of sp³-hybridized carbons (Fsp3) is 0. The van der Waals surface area contributed by atoms with Gasteiger partial charge in [-0.25, -0.2) is 0 Å². The maximum absolute atomic E-state index is 12.1. The van der Waals surface area contributed by atoms with Gasteiger partial charge in [-0.3, -0.25) is 4.79 Å². The van der Waals surface area contributed by atoms with Crippen LogP contribution in [0.15, 0.2) is 49.8 Å². The van der Waals surface area contributed by atoms with Crippen LogP contribution in [0.1, 0.15) is 10.4 Å². The highest BCUT2D eigenvalue weighted by Gasteiger charge is 2.15. The van der Waals surface area contributed by atoms with E-state index in [9.17, 15) is 9.90 Å². The molecule has 2 aromatic rings. The lowest BCUT2D eigenvalue weighted by Crippen LogP contribution is -2.12. The topological polar surface area (TPSA) is 49.3 Å². The van der Waals surface area contributed by atoms with Gasteiger partial charge in [0.05, 0.1) is 10.0 Å². The Morgan fingerprint density at radius 1 is 1.11 bits per heavy atom. The van der Waals surface area contributed by atoms with Crippen molar-refractivity contribution >= 4 is 59.4 Å². The number of anilines is 1. The Labute approximate surface area is 135 Å². The average Bonchev–Trinajstić information content (AvgIpc) is 2.36. The Bertz CT molecular complexity index is 644. The molecule has 3 nitrogen and oxygen atoms in total. The van der Waals surface area contributed by atoms with Crippen molar-refractivity contribution in [1.29, 1.82) is 0 Å². The van der Waals surface area contributed by atoms with E-state index in [0.29, 0.717) is 14.6 Å². The summed E-state index contributed by atoms with van der Waals surface area (Å²) in [6, 6.07) is 10.5. The second kappa shape index (κ2) is 6.07. The van der Waals surface area contributed by atoms with Crippen LogP contribution in [-0.2, 0) is 0 Å². The van der Waals surface area contributed by atoms with E-state index in [4.69, 9.17) is 0 Å². The predicted octanol–water partition coefficient (Wildman–Crippen LogP) is 4.93. The number of carbonyl (C=O) groups is 1. The molecule has 0 radical (unpaired) electrons. The molecule has 0 saturated heterocycles. The van der Waals surface area contributed by atoms with Gasteiger partial charge in [0.2, 0.25) is 0 Å². The van der Waals surface area contributed by atoms with E-state index < -0.39 is 0 Å². The zero-order valence-electron chi connectivity index (χ0n) is 9.45. The second-order valence-electron chi connectivity index (χ2n) is 3.72. The monoisotopic (exact) mass is 447 g/mol. The van der Waals surface area contributed by atoms with Gasteiger partial charge >= 0.3 is 0 Å². The highest BCUT2D eigenvalue weighted by Crippen LogP contribution is 2.35. The molecule has 0 fully saturated rings. The average molecular weight is 450 g/mol. The molecule has 98 valence electrons. The quantitative estimate of drug-likeness (QED) is 0.682. The number of rotatable bonds is 2. The highest BCUT2D eigenvalue weighted by atomic mass is 79.9. The fourth-order valence-corrected chi connectivity index (χ4v) is 2.55. The Hall–Kier alpha value is -0.850. The van der Waals surface area contributed by atoms with Crippen LogP contribution in [0.5, 0.6) is 5.75 Å².